The number of aliphatic carboxylic acids is 1. The van der Waals surface area contributed by atoms with Crippen LogP contribution < -0.4 is 11.4 Å². The number of carboxylic acids is 1. The van der Waals surface area contributed by atoms with Crippen LogP contribution in [0.4, 0.5) is 13.2 Å². The van der Waals surface area contributed by atoms with E-state index in [0.717, 1.165) is 69.4 Å². The van der Waals surface area contributed by atoms with Crippen LogP contribution in [0.15, 0.2) is 59.5 Å². The number of hydrogen-bond acceptors (Lipinski definition) is 3. The van der Waals surface area contributed by atoms with Gasteiger partial charge in [-0.05, 0) is 44.9 Å². The zero-order chi connectivity index (χ0) is 26.7. The van der Waals surface area contributed by atoms with Crippen molar-refractivity contribution in [2.75, 3.05) is 6.54 Å². The van der Waals surface area contributed by atoms with Crippen LogP contribution in [0.3, 0.4) is 0 Å². The third-order valence-electron chi connectivity index (χ3n) is 6.03. The number of H-pyrrole nitrogens is 3. The standard InChI is InChI=1S/C24H25N5O.C2HF3O2/c1-15-22(16-8-2-4-10-18(16)27-15)21-14-26-24(30)29(21)23-17-9-3-5-11-19(17)28-20(23)12-6-7-13-25;3-2(4,5)1(6)7/h2-5,8-11,14,27-28H,6-7,12-13,25H2,1H3,(H,26,30);(H,6,7). The monoisotopic (exact) mass is 513 g/mol. The Bertz CT molecular complexity index is 1610. The molecule has 0 amide bonds. The smallest absolute Gasteiger partial charge is 0.475 e. The maximum Gasteiger partial charge on any atom is 0.490 e. The number of imidazole rings is 1. The second-order valence-electron chi connectivity index (χ2n) is 8.53. The number of para-hydroxylation sites is 2. The van der Waals surface area contributed by atoms with Gasteiger partial charge in [0.1, 0.15) is 0 Å². The molecule has 0 saturated heterocycles. The Morgan fingerprint density at radius 1 is 1.00 bits per heavy atom. The molecule has 0 radical (unpaired) electrons. The minimum atomic E-state index is -5.08. The van der Waals surface area contributed by atoms with Crippen LogP contribution in [0, 0.1) is 6.92 Å². The molecule has 3 heterocycles. The van der Waals surface area contributed by atoms with E-state index < -0.39 is 12.1 Å². The van der Waals surface area contributed by atoms with Crippen LogP contribution in [0.25, 0.3) is 38.8 Å². The molecule has 11 heteroatoms. The van der Waals surface area contributed by atoms with Gasteiger partial charge in [0.25, 0.3) is 0 Å². The SMILES string of the molecule is Cc1[nH]c2ccccc2c1-c1c[nH]c(=O)n1-c1c(CCCCN)[nH]c2ccccc12.O=C(O)C(F)(F)F. The van der Waals surface area contributed by atoms with Crippen molar-refractivity contribution in [1.82, 2.24) is 19.5 Å². The average molecular weight is 514 g/mol. The minimum absolute atomic E-state index is 0.139. The fourth-order valence-corrected chi connectivity index (χ4v) is 4.45. The van der Waals surface area contributed by atoms with Crippen LogP contribution in [0.5, 0.6) is 0 Å². The summed E-state index contributed by atoms with van der Waals surface area (Å²) in [5.41, 5.74) is 12.6. The number of hydrogen-bond donors (Lipinski definition) is 5. The summed E-state index contributed by atoms with van der Waals surface area (Å²) in [5.74, 6) is -2.76. The number of alkyl halides is 3. The maximum absolute atomic E-state index is 13.1. The van der Waals surface area contributed by atoms with E-state index in [-0.39, 0.29) is 5.69 Å². The molecule has 0 spiro atoms. The lowest BCUT2D eigenvalue weighted by molar-refractivity contribution is -0.192. The first-order valence-corrected chi connectivity index (χ1v) is 11.6. The summed E-state index contributed by atoms with van der Waals surface area (Å²) in [4.78, 5) is 31.9. The predicted molar refractivity (Wildman–Crippen MR) is 136 cm³/mol. The average Bonchev–Trinajstić information content (AvgIpc) is 3.50. The molecule has 0 atom stereocenters. The Morgan fingerprint density at radius 2 is 1.59 bits per heavy atom. The van der Waals surface area contributed by atoms with Crippen molar-refractivity contribution >= 4 is 27.8 Å². The van der Waals surface area contributed by atoms with Crippen molar-refractivity contribution in [3.63, 3.8) is 0 Å². The van der Waals surface area contributed by atoms with E-state index in [0.29, 0.717) is 6.54 Å². The lowest BCUT2D eigenvalue weighted by Gasteiger charge is -2.10. The molecule has 3 aromatic heterocycles. The molecule has 6 N–H and O–H groups in total. The minimum Gasteiger partial charge on any atom is -0.475 e. The Morgan fingerprint density at radius 3 is 2.22 bits per heavy atom. The summed E-state index contributed by atoms with van der Waals surface area (Å²) >= 11 is 0. The molecule has 0 aliphatic rings. The molecule has 2 aromatic carbocycles. The van der Waals surface area contributed by atoms with Gasteiger partial charge in [-0.2, -0.15) is 13.2 Å². The summed E-state index contributed by atoms with van der Waals surface area (Å²) in [6.45, 7) is 2.72. The highest BCUT2D eigenvalue weighted by Gasteiger charge is 2.38. The zero-order valence-electron chi connectivity index (χ0n) is 19.9. The number of nitrogens with two attached hydrogens (primary N) is 1. The Balaban J connectivity index is 0.000000405. The van der Waals surface area contributed by atoms with Crippen molar-refractivity contribution < 1.29 is 23.1 Å². The van der Waals surface area contributed by atoms with E-state index in [1.165, 1.54) is 0 Å². The molecule has 37 heavy (non-hydrogen) atoms. The highest BCUT2D eigenvalue weighted by Crippen LogP contribution is 2.35. The number of rotatable bonds is 6. The number of fused-ring (bicyclic) bond motifs is 2. The number of nitrogens with one attached hydrogen (secondary N) is 3. The number of aromatic nitrogens is 4. The quantitative estimate of drug-likeness (QED) is 0.204. The number of benzene rings is 2. The van der Waals surface area contributed by atoms with E-state index in [1.54, 1.807) is 0 Å². The predicted octanol–water partition coefficient (Wildman–Crippen LogP) is 5.02. The molecule has 0 aliphatic carbocycles. The molecule has 8 nitrogen and oxygen atoms in total. The number of aromatic amines is 3. The lowest BCUT2D eigenvalue weighted by atomic mass is 10.1. The fraction of sp³-hybridized carbons (Fsp3) is 0.231. The van der Waals surface area contributed by atoms with Gasteiger partial charge in [-0.15, -0.1) is 0 Å². The second-order valence-corrected chi connectivity index (χ2v) is 8.53. The number of halogens is 3. The van der Waals surface area contributed by atoms with Crippen LogP contribution in [-0.2, 0) is 11.2 Å². The van der Waals surface area contributed by atoms with E-state index in [2.05, 4.69) is 46.1 Å². The summed E-state index contributed by atoms with van der Waals surface area (Å²) < 4.78 is 33.6. The molecular formula is C26H26F3N5O3. The summed E-state index contributed by atoms with van der Waals surface area (Å²) in [6, 6.07) is 16.3. The van der Waals surface area contributed by atoms with Gasteiger partial charge in [0.15, 0.2) is 0 Å². The fourth-order valence-electron chi connectivity index (χ4n) is 4.45. The van der Waals surface area contributed by atoms with Crippen LogP contribution in [-0.4, -0.2) is 43.3 Å². The van der Waals surface area contributed by atoms with Gasteiger partial charge in [-0.3, -0.25) is 4.57 Å². The number of carbonyl (C=O) groups is 1. The largest absolute Gasteiger partial charge is 0.490 e. The third-order valence-corrected chi connectivity index (χ3v) is 6.03. The van der Waals surface area contributed by atoms with Crippen LogP contribution in [0.2, 0.25) is 0 Å². The molecule has 0 aliphatic heterocycles. The van der Waals surface area contributed by atoms with Gasteiger partial charge in [0.2, 0.25) is 0 Å². The normalized spacial score (nSPS) is 11.6. The molecule has 0 saturated carbocycles. The lowest BCUT2D eigenvalue weighted by Crippen LogP contribution is -2.21. The first-order chi connectivity index (χ1) is 17.6. The van der Waals surface area contributed by atoms with Gasteiger partial charge in [0, 0.05) is 45.0 Å². The van der Waals surface area contributed by atoms with Gasteiger partial charge >= 0.3 is 17.8 Å². The number of unbranched alkanes of at least 4 members (excludes halogenated alkanes) is 1. The van der Waals surface area contributed by atoms with E-state index in [4.69, 9.17) is 15.6 Å². The highest BCUT2D eigenvalue weighted by molar-refractivity contribution is 5.98. The van der Waals surface area contributed by atoms with Crippen molar-refractivity contribution in [3.8, 4) is 16.9 Å². The zero-order valence-corrected chi connectivity index (χ0v) is 19.9. The molecule has 5 rings (SSSR count). The molecule has 5 aromatic rings. The van der Waals surface area contributed by atoms with Crippen molar-refractivity contribution in [2.45, 2.75) is 32.4 Å². The first kappa shape index (κ1) is 25.8. The molecule has 0 unspecified atom stereocenters. The highest BCUT2D eigenvalue weighted by atomic mass is 19.4. The molecule has 0 fully saturated rings. The molecular weight excluding hydrogens is 487 g/mol. The molecule has 194 valence electrons. The Kier molecular flexibility index (Phi) is 7.25. The van der Waals surface area contributed by atoms with Gasteiger partial charge in [0.05, 0.1) is 11.4 Å². The number of nitrogens with zero attached hydrogens (tertiary/aromatic N) is 1. The Hall–Kier alpha value is -4.25. The van der Waals surface area contributed by atoms with E-state index >= 15 is 0 Å². The molecule has 0 bridgehead atoms. The first-order valence-electron chi connectivity index (χ1n) is 11.6. The van der Waals surface area contributed by atoms with E-state index in [1.807, 2.05) is 35.0 Å². The summed E-state index contributed by atoms with van der Waals surface area (Å²) in [6.07, 6.45) is -0.510. The maximum atomic E-state index is 13.1. The second kappa shape index (κ2) is 10.4. The van der Waals surface area contributed by atoms with Crippen molar-refractivity contribution in [1.29, 1.82) is 0 Å². The summed E-state index contributed by atoms with van der Waals surface area (Å²) in [5, 5.41) is 9.27. The topological polar surface area (TPSA) is 133 Å². The number of aryl methyl sites for hydroxylation is 2. The van der Waals surface area contributed by atoms with Gasteiger partial charge in [-0.1, -0.05) is 36.4 Å². The van der Waals surface area contributed by atoms with Crippen LogP contribution >= 0.6 is 0 Å². The summed E-state index contributed by atoms with van der Waals surface area (Å²) in [7, 11) is 0. The Labute approximate surface area is 208 Å². The van der Waals surface area contributed by atoms with Crippen molar-refractivity contribution in [3.05, 3.63) is 76.6 Å². The third kappa shape index (κ3) is 5.17. The number of carboxylic acid groups (broad SMARTS) is 1. The van der Waals surface area contributed by atoms with Gasteiger partial charge < -0.3 is 25.8 Å². The van der Waals surface area contributed by atoms with E-state index in [9.17, 15) is 18.0 Å². The van der Waals surface area contributed by atoms with Gasteiger partial charge in [-0.25, -0.2) is 9.59 Å². The van der Waals surface area contributed by atoms with Crippen molar-refractivity contribution in [2.24, 2.45) is 5.73 Å². The van der Waals surface area contributed by atoms with Crippen LogP contribution in [0.1, 0.15) is 24.2 Å².